The molecule has 186 valence electrons. The van der Waals surface area contributed by atoms with Crippen LogP contribution in [0.2, 0.25) is 0 Å². The summed E-state index contributed by atoms with van der Waals surface area (Å²) in [7, 11) is 0. The fourth-order valence-corrected chi connectivity index (χ4v) is 4.53. The molecule has 10 heteroatoms. The predicted molar refractivity (Wildman–Crippen MR) is 140 cm³/mol. The number of carbonyl (C=O) groups is 2. The fraction of sp³-hybridized carbons (Fsp3) is 0.308. The van der Waals surface area contributed by atoms with Gasteiger partial charge in [0.05, 0.1) is 24.1 Å². The summed E-state index contributed by atoms with van der Waals surface area (Å²) in [5, 5.41) is 26.9. The van der Waals surface area contributed by atoms with Crippen LogP contribution in [-0.4, -0.2) is 37.7 Å². The van der Waals surface area contributed by atoms with E-state index in [-0.39, 0.29) is 11.8 Å². The fourth-order valence-electron chi connectivity index (χ4n) is 3.73. The van der Waals surface area contributed by atoms with Crippen LogP contribution in [0.15, 0.2) is 66.9 Å². The van der Waals surface area contributed by atoms with E-state index in [9.17, 15) is 9.59 Å². The highest BCUT2D eigenvalue weighted by Crippen LogP contribution is 2.20. The largest absolute Gasteiger partial charge is 0.382 e. The van der Waals surface area contributed by atoms with E-state index in [0.717, 1.165) is 41.9 Å². The van der Waals surface area contributed by atoms with Crippen molar-refractivity contribution in [2.45, 2.75) is 51.0 Å². The van der Waals surface area contributed by atoms with Gasteiger partial charge in [-0.1, -0.05) is 53.8 Å². The van der Waals surface area contributed by atoms with Gasteiger partial charge in [0, 0.05) is 6.42 Å². The van der Waals surface area contributed by atoms with Gasteiger partial charge in [-0.2, -0.15) is 5.10 Å². The topological polar surface area (TPSA) is 122 Å². The van der Waals surface area contributed by atoms with Gasteiger partial charge in [0.15, 0.2) is 5.82 Å². The van der Waals surface area contributed by atoms with E-state index < -0.39 is 5.54 Å². The molecule has 4 rings (SSSR count). The summed E-state index contributed by atoms with van der Waals surface area (Å²) < 4.78 is 0. The van der Waals surface area contributed by atoms with Gasteiger partial charge in [0.2, 0.25) is 16.9 Å². The van der Waals surface area contributed by atoms with Crippen molar-refractivity contribution >= 4 is 34.1 Å². The summed E-state index contributed by atoms with van der Waals surface area (Å²) in [4.78, 5) is 24.5. The summed E-state index contributed by atoms with van der Waals surface area (Å²) in [5.74, 6) is 0.222. The van der Waals surface area contributed by atoms with Crippen molar-refractivity contribution in [1.82, 2.24) is 25.7 Å². The molecule has 1 aliphatic heterocycles. The monoisotopic (exact) mass is 503 g/mol. The molecule has 1 atom stereocenters. The first-order chi connectivity index (χ1) is 17.5. The maximum absolute atomic E-state index is 12.4. The number of aromatic nitrogens is 4. The Morgan fingerprint density at radius 3 is 2.50 bits per heavy atom. The van der Waals surface area contributed by atoms with E-state index in [1.165, 1.54) is 11.3 Å². The zero-order valence-electron chi connectivity index (χ0n) is 20.1. The molecule has 0 saturated heterocycles. The Kier molecular flexibility index (Phi) is 8.51. The Morgan fingerprint density at radius 2 is 1.75 bits per heavy atom. The molecule has 0 spiro atoms. The standard InChI is InChI=1S/C26H29N7O2S/c1-26(15-7-8-16-27-26)18-23(35)29-25-33-32-24(36-25)12-6-5-11-20-13-14-21(31-30-20)28-22(34)17-19-9-3-2-4-10-19/h2-4,7-10,13-16,27H,5-6,11-12,17-18H2,1H3,(H,28,31,34)(H,29,33,35). The molecule has 0 aliphatic carbocycles. The number of hydrogen-bond acceptors (Lipinski definition) is 8. The summed E-state index contributed by atoms with van der Waals surface area (Å²) >= 11 is 1.40. The Balaban J connectivity index is 1.14. The zero-order valence-corrected chi connectivity index (χ0v) is 20.9. The van der Waals surface area contributed by atoms with Crippen LogP contribution in [0.5, 0.6) is 0 Å². The number of nitrogens with one attached hydrogen (secondary N) is 3. The van der Waals surface area contributed by atoms with Crippen molar-refractivity contribution in [3.8, 4) is 0 Å². The highest BCUT2D eigenvalue weighted by molar-refractivity contribution is 7.15. The number of nitrogens with zero attached hydrogens (tertiary/aromatic N) is 4. The van der Waals surface area contributed by atoms with E-state index >= 15 is 0 Å². The van der Waals surface area contributed by atoms with E-state index in [1.807, 2.05) is 67.7 Å². The van der Waals surface area contributed by atoms with Crippen LogP contribution in [0.1, 0.15) is 42.5 Å². The number of benzene rings is 1. The quantitative estimate of drug-likeness (QED) is 0.340. The summed E-state index contributed by atoms with van der Waals surface area (Å²) in [5.41, 5.74) is 1.42. The van der Waals surface area contributed by atoms with Crippen molar-refractivity contribution in [1.29, 1.82) is 0 Å². The predicted octanol–water partition coefficient (Wildman–Crippen LogP) is 3.84. The molecular formula is C26H29N7O2S. The maximum atomic E-state index is 12.4. The average molecular weight is 504 g/mol. The Morgan fingerprint density at radius 1 is 0.917 bits per heavy atom. The molecule has 0 saturated carbocycles. The summed E-state index contributed by atoms with van der Waals surface area (Å²) in [6.07, 6.45) is 11.6. The van der Waals surface area contributed by atoms with Crippen LogP contribution in [0.25, 0.3) is 0 Å². The van der Waals surface area contributed by atoms with Gasteiger partial charge >= 0.3 is 0 Å². The summed E-state index contributed by atoms with van der Waals surface area (Å²) in [6, 6.07) is 13.2. The first-order valence-corrected chi connectivity index (χ1v) is 12.7. The molecule has 0 fully saturated rings. The lowest BCUT2D eigenvalue weighted by Crippen LogP contribution is -2.41. The Bertz CT molecular complexity index is 1220. The van der Waals surface area contributed by atoms with Crippen molar-refractivity contribution in [3.05, 3.63) is 83.2 Å². The van der Waals surface area contributed by atoms with Crippen molar-refractivity contribution in [3.63, 3.8) is 0 Å². The van der Waals surface area contributed by atoms with Crippen LogP contribution in [-0.2, 0) is 28.9 Å². The number of amides is 2. The van der Waals surface area contributed by atoms with Gasteiger partial charge in [0.25, 0.3) is 0 Å². The van der Waals surface area contributed by atoms with Gasteiger partial charge in [-0.15, -0.1) is 15.3 Å². The highest BCUT2D eigenvalue weighted by atomic mass is 32.1. The molecule has 9 nitrogen and oxygen atoms in total. The third-order valence-electron chi connectivity index (χ3n) is 5.59. The number of dihydropyridines is 1. The lowest BCUT2D eigenvalue weighted by atomic mass is 9.95. The van der Waals surface area contributed by atoms with Crippen molar-refractivity contribution in [2.24, 2.45) is 0 Å². The molecule has 2 amide bonds. The minimum Gasteiger partial charge on any atom is -0.382 e. The third kappa shape index (κ3) is 7.81. The number of anilines is 2. The number of hydrogen-bond donors (Lipinski definition) is 3. The van der Waals surface area contributed by atoms with Gasteiger partial charge in [-0.3, -0.25) is 9.59 Å². The second kappa shape index (κ2) is 12.2. The lowest BCUT2D eigenvalue weighted by molar-refractivity contribution is -0.117. The molecule has 1 unspecified atom stereocenters. The smallest absolute Gasteiger partial charge is 0.229 e. The molecule has 3 aromatic rings. The molecule has 0 radical (unpaired) electrons. The number of unbranched alkanes of at least 4 members (excludes halogenated alkanes) is 1. The second-order valence-electron chi connectivity index (χ2n) is 8.83. The molecule has 3 heterocycles. The third-order valence-corrected chi connectivity index (χ3v) is 6.49. The Hall–Kier alpha value is -3.92. The van der Waals surface area contributed by atoms with E-state index in [2.05, 4.69) is 36.3 Å². The SMILES string of the molecule is CC1(CC(=O)Nc2nnc(CCCCc3ccc(NC(=O)Cc4ccccc4)nn3)s2)C=CC=CN1. The minimum atomic E-state index is -0.402. The van der Waals surface area contributed by atoms with Gasteiger partial charge < -0.3 is 16.0 Å². The Labute approximate surface area is 214 Å². The molecule has 1 aromatic carbocycles. The van der Waals surface area contributed by atoms with Crippen LogP contribution < -0.4 is 16.0 Å². The molecule has 2 aromatic heterocycles. The molecule has 3 N–H and O–H groups in total. The number of aryl methyl sites for hydroxylation is 2. The average Bonchev–Trinajstić information content (AvgIpc) is 3.30. The molecule has 1 aliphatic rings. The number of carbonyl (C=O) groups excluding carboxylic acids is 2. The van der Waals surface area contributed by atoms with E-state index in [4.69, 9.17) is 0 Å². The molecular weight excluding hydrogens is 474 g/mol. The maximum Gasteiger partial charge on any atom is 0.229 e. The normalized spacial score (nSPS) is 16.4. The zero-order chi connectivity index (χ0) is 25.2. The van der Waals surface area contributed by atoms with Crippen LogP contribution in [0.3, 0.4) is 0 Å². The molecule has 0 bridgehead atoms. The summed E-state index contributed by atoms with van der Waals surface area (Å²) in [6.45, 7) is 1.97. The first kappa shape index (κ1) is 25.2. The minimum absolute atomic E-state index is 0.106. The van der Waals surface area contributed by atoms with Crippen LogP contribution in [0.4, 0.5) is 10.9 Å². The number of allylic oxidation sites excluding steroid dienone is 2. The van der Waals surface area contributed by atoms with Gasteiger partial charge in [-0.25, -0.2) is 0 Å². The first-order valence-electron chi connectivity index (χ1n) is 11.9. The van der Waals surface area contributed by atoms with Crippen LogP contribution in [0, 0.1) is 0 Å². The lowest BCUT2D eigenvalue weighted by Gasteiger charge is -2.27. The second-order valence-corrected chi connectivity index (χ2v) is 9.90. The highest BCUT2D eigenvalue weighted by Gasteiger charge is 2.24. The van der Waals surface area contributed by atoms with Crippen LogP contribution >= 0.6 is 11.3 Å². The van der Waals surface area contributed by atoms with E-state index in [0.29, 0.717) is 23.8 Å². The van der Waals surface area contributed by atoms with E-state index in [1.54, 1.807) is 6.07 Å². The van der Waals surface area contributed by atoms with Crippen molar-refractivity contribution < 1.29 is 9.59 Å². The van der Waals surface area contributed by atoms with Gasteiger partial charge in [-0.05, 0) is 56.2 Å². The molecule has 36 heavy (non-hydrogen) atoms. The van der Waals surface area contributed by atoms with Crippen molar-refractivity contribution in [2.75, 3.05) is 10.6 Å². The van der Waals surface area contributed by atoms with Gasteiger partial charge in [0.1, 0.15) is 5.01 Å². The number of rotatable bonds is 11.